The van der Waals surface area contributed by atoms with Crippen molar-refractivity contribution in [2.24, 2.45) is 0 Å². The van der Waals surface area contributed by atoms with Gasteiger partial charge in [0.1, 0.15) is 0 Å². The molecule has 19 heavy (non-hydrogen) atoms. The van der Waals surface area contributed by atoms with Crippen molar-refractivity contribution in [3.05, 3.63) is 60.2 Å². The highest BCUT2D eigenvalue weighted by molar-refractivity contribution is 6.02. The fourth-order valence-electron chi connectivity index (χ4n) is 2.80. The van der Waals surface area contributed by atoms with E-state index in [1.807, 2.05) is 0 Å². The van der Waals surface area contributed by atoms with Gasteiger partial charge in [-0.3, -0.25) is 0 Å². The molecule has 3 rings (SSSR count). The molecular weight excluding hydrogens is 228 g/mol. The van der Waals surface area contributed by atoms with E-state index in [4.69, 9.17) is 0 Å². The van der Waals surface area contributed by atoms with E-state index in [0.717, 1.165) is 0 Å². The zero-order chi connectivity index (χ0) is 13.1. The molecule has 0 spiro atoms. The first kappa shape index (κ1) is 12.2. The fourth-order valence-corrected chi connectivity index (χ4v) is 2.80. The van der Waals surface area contributed by atoms with Crippen molar-refractivity contribution >= 4 is 10.8 Å². The molecule has 0 heteroatoms. The first-order valence-corrected chi connectivity index (χ1v) is 7.29. The van der Waals surface area contributed by atoms with Gasteiger partial charge in [-0.1, -0.05) is 68.3 Å². The number of benzene rings is 1. The summed E-state index contributed by atoms with van der Waals surface area (Å²) in [7, 11) is 0. The number of hydrogen-bond donors (Lipinski definition) is 0. The molecule has 2 aliphatic rings. The van der Waals surface area contributed by atoms with Crippen LogP contribution in [-0.2, 0) is 6.42 Å². The number of fused-ring (bicyclic) bond motifs is 3. The normalized spacial score (nSPS) is 11.2. The molecule has 0 N–H and O–H groups in total. The summed E-state index contributed by atoms with van der Waals surface area (Å²) in [5, 5.41) is 2.76. The highest BCUT2D eigenvalue weighted by Crippen LogP contribution is 2.34. The highest BCUT2D eigenvalue weighted by atomic mass is 14.1. The second kappa shape index (κ2) is 5.44. The van der Waals surface area contributed by atoms with Gasteiger partial charge in [-0.05, 0) is 46.4 Å². The predicted molar refractivity (Wildman–Crippen MR) is 83.8 cm³/mol. The van der Waals surface area contributed by atoms with Crippen LogP contribution >= 0.6 is 0 Å². The van der Waals surface area contributed by atoms with Gasteiger partial charge in [0.05, 0.1) is 0 Å². The van der Waals surface area contributed by atoms with Crippen LogP contribution in [-0.4, -0.2) is 0 Å². The average Bonchev–Trinajstić information content (AvgIpc) is 2.61. The summed E-state index contributed by atoms with van der Waals surface area (Å²) in [6.45, 7) is 2.26. The monoisotopic (exact) mass is 248 g/mol. The molecule has 0 aliphatic heterocycles. The van der Waals surface area contributed by atoms with Gasteiger partial charge in [0.25, 0.3) is 0 Å². The van der Waals surface area contributed by atoms with E-state index in [1.54, 1.807) is 0 Å². The Morgan fingerprint density at radius 1 is 0.842 bits per heavy atom. The predicted octanol–water partition coefficient (Wildman–Crippen LogP) is 5.68. The van der Waals surface area contributed by atoms with Crippen molar-refractivity contribution in [3.63, 3.8) is 0 Å². The molecule has 0 atom stereocenters. The Labute approximate surface area is 115 Å². The summed E-state index contributed by atoms with van der Waals surface area (Å²) in [4.78, 5) is 0. The van der Waals surface area contributed by atoms with Crippen molar-refractivity contribution in [2.45, 2.75) is 32.6 Å². The zero-order valence-electron chi connectivity index (χ0n) is 11.5. The third-order valence-corrected chi connectivity index (χ3v) is 3.86. The summed E-state index contributed by atoms with van der Waals surface area (Å²) >= 11 is 0. The van der Waals surface area contributed by atoms with Crippen LogP contribution in [0.25, 0.3) is 21.9 Å². The maximum absolute atomic E-state index is 2.38. The van der Waals surface area contributed by atoms with Crippen LogP contribution in [0.2, 0.25) is 0 Å². The lowest BCUT2D eigenvalue weighted by Gasteiger charge is -2.02. The molecule has 0 saturated carbocycles. The lowest BCUT2D eigenvalue weighted by Crippen LogP contribution is -1.84. The molecule has 0 bridgehead atoms. The van der Waals surface area contributed by atoms with Crippen molar-refractivity contribution in [2.75, 3.05) is 0 Å². The minimum atomic E-state index is 1.20. The minimum absolute atomic E-state index is 1.20. The third kappa shape index (κ3) is 2.49. The molecule has 0 fully saturated rings. The van der Waals surface area contributed by atoms with Crippen LogP contribution in [0, 0.1) is 0 Å². The van der Waals surface area contributed by atoms with Gasteiger partial charge < -0.3 is 0 Å². The molecule has 1 aromatic rings. The second-order valence-corrected chi connectivity index (χ2v) is 5.30. The van der Waals surface area contributed by atoms with Gasteiger partial charge in [-0.2, -0.15) is 0 Å². The van der Waals surface area contributed by atoms with Crippen molar-refractivity contribution in [1.29, 1.82) is 0 Å². The number of hydrogen-bond acceptors (Lipinski definition) is 0. The average molecular weight is 248 g/mol. The van der Waals surface area contributed by atoms with Crippen LogP contribution in [0.4, 0.5) is 0 Å². The summed E-state index contributed by atoms with van der Waals surface area (Å²) in [6.07, 6.45) is 5.12. The van der Waals surface area contributed by atoms with E-state index < -0.39 is 0 Å². The number of rotatable bonds is 4. The Hall–Kier alpha value is -1.82. The van der Waals surface area contributed by atoms with Gasteiger partial charge in [0.2, 0.25) is 0 Å². The van der Waals surface area contributed by atoms with Crippen LogP contribution in [0.1, 0.15) is 31.7 Å². The molecule has 1 aromatic carbocycles. The maximum Gasteiger partial charge on any atom is -0.0102 e. The molecule has 0 heterocycles. The van der Waals surface area contributed by atoms with Crippen molar-refractivity contribution < 1.29 is 0 Å². The topological polar surface area (TPSA) is 0 Å². The summed E-state index contributed by atoms with van der Waals surface area (Å²) in [5.41, 5.74) is 4.18. The van der Waals surface area contributed by atoms with Crippen LogP contribution in [0.5, 0.6) is 0 Å². The van der Waals surface area contributed by atoms with Crippen molar-refractivity contribution in [1.82, 2.24) is 0 Å². The Morgan fingerprint density at radius 3 is 2.63 bits per heavy atom. The van der Waals surface area contributed by atoms with E-state index >= 15 is 0 Å². The van der Waals surface area contributed by atoms with E-state index in [-0.39, 0.29) is 0 Å². The Bertz CT molecular complexity index is 651. The molecule has 0 saturated heterocycles. The number of unbranched alkanes of at least 4 members (excludes halogenated alkanes) is 2. The summed E-state index contributed by atoms with van der Waals surface area (Å²) < 4.78 is 0. The van der Waals surface area contributed by atoms with Gasteiger partial charge in [-0.25, -0.2) is 0 Å². The minimum Gasteiger partial charge on any atom is -0.0654 e. The van der Waals surface area contributed by atoms with Gasteiger partial charge >= 0.3 is 0 Å². The molecule has 0 aromatic heterocycles. The molecule has 0 amide bonds. The molecular formula is C19H20. The highest BCUT2D eigenvalue weighted by Gasteiger charge is 2.08. The Balaban J connectivity index is 2.01. The molecule has 0 radical (unpaired) electrons. The van der Waals surface area contributed by atoms with Gasteiger partial charge in [0.15, 0.2) is 0 Å². The maximum atomic E-state index is 2.38. The zero-order valence-corrected chi connectivity index (χ0v) is 11.5. The standard InChI is InChI=1S/C19H20/c1-2-3-5-8-15-11-12-17-14-16-9-6-4-7-10-18(16)19(17)13-15/h4,6-7,9-14H,2-3,5,8H2,1H3. The largest absolute Gasteiger partial charge is 0.0654 e. The molecule has 0 unspecified atom stereocenters. The van der Waals surface area contributed by atoms with Gasteiger partial charge in [-0.15, -0.1) is 0 Å². The Kier molecular flexibility index (Phi) is 3.50. The first-order chi connectivity index (χ1) is 9.38. The van der Waals surface area contributed by atoms with E-state index in [0.29, 0.717) is 0 Å². The molecule has 0 nitrogen and oxygen atoms in total. The van der Waals surface area contributed by atoms with E-state index in [9.17, 15) is 0 Å². The fraction of sp³-hybridized carbons (Fsp3) is 0.263. The third-order valence-electron chi connectivity index (χ3n) is 3.86. The van der Waals surface area contributed by atoms with Crippen LogP contribution < -0.4 is 0 Å². The van der Waals surface area contributed by atoms with Crippen LogP contribution in [0.3, 0.4) is 0 Å². The lowest BCUT2D eigenvalue weighted by atomic mass is 10.0. The summed E-state index contributed by atoms with van der Waals surface area (Å²) in [5.74, 6) is 0. The SMILES string of the molecule is CCCCCc1ccc2cc3cccccc-3c2c1. The Morgan fingerprint density at radius 2 is 1.74 bits per heavy atom. The second-order valence-electron chi connectivity index (χ2n) is 5.30. The van der Waals surface area contributed by atoms with E-state index in [2.05, 4.69) is 61.5 Å². The first-order valence-electron chi connectivity index (χ1n) is 7.29. The quantitative estimate of drug-likeness (QED) is 0.521. The van der Waals surface area contributed by atoms with E-state index in [1.165, 1.54) is 53.1 Å². The smallest absolute Gasteiger partial charge is 0.0102 e. The number of aryl methyl sites for hydroxylation is 1. The molecule has 2 aliphatic carbocycles. The molecule has 96 valence electrons. The lowest BCUT2D eigenvalue weighted by molar-refractivity contribution is 0.718. The van der Waals surface area contributed by atoms with Crippen molar-refractivity contribution in [3.8, 4) is 11.1 Å². The van der Waals surface area contributed by atoms with Crippen LogP contribution in [0.15, 0.2) is 54.6 Å². The summed E-state index contributed by atoms with van der Waals surface area (Å²) in [6, 6.07) is 20.0. The van der Waals surface area contributed by atoms with Gasteiger partial charge in [0, 0.05) is 0 Å².